The summed E-state index contributed by atoms with van der Waals surface area (Å²) in [6.07, 6.45) is 1.34. The van der Waals surface area contributed by atoms with Crippen LogP contribution in [0.25, 0.3) is 5.57 Å². The largest absolute Gasteiger partial charge is 0.503 e. The van der Waals surface area contributed by atoms with Gasteiger partial charge in [-0.1, -0.05) is 47.5 Å². The molecule has 0 atom stereocenters. The molecule has 0 N–H and O–H groups in total. The van der Waals surface area contributed by atoms with Gasteiger partial charge in [0.05, 0.1) is 37.1 Å². The quantitative estimate of drug-likeness (QED) is 0.202. The maximum absolute atomic E-state index is 12.1. The third-order valence-electron chi connectivity index (χ3n) is 3.99. The molecule has 0 fully saturated rings. The first kappa shape index (κ1) is 23.9. The molecule has 2 aromatic rings. The summed E-state index contributed by atoms with van der Waals surface area (Å²) >= 11 is 12.6. The van der Waals surface area contributed by atoms with Crippen LogP contribution in [0, 0.1) is 0 Å². The minimum atomic E-state index is -0.510. The van der Waals surface area contributed by atoms with Crippen LogP contribution in [0.1, 0.15) is 18.1 Å². The van der Waals surface area contributed by atoms with Gasteiger partial charge in [-0.25, -0.2) is 4.79 Å². The Kier molecular flexibility index (Phi) is 9.80. The molecule has 0 bridgehead atoms. The van der Waals surface area contributed by atoms with Gasteiger partial charge in [0.25, 0.3) is 0 Å². The maximum atomic E-state index is 12.1. The average Bonchev–Trinajstić information content (AvgIpc) is 2.75. The first-order chi connectivity index (χ1) is 14.5. The van der Waals surface area contributed by atoms with Crippen LogP contribution in [-0.2, 0) is 25.6 Å². The van der Waals surface area contributed by atoms with Gasteiger partial charge in [0.15, 0.2) is 5.75 Å². The second kappa shape index (κ2) is 12.3. The van der Waals surface area contributed by atoms with Crippen molar-refractivity contribution in [3.05, 3.63) is 63.8 Å². The Bertz CT molecular complexity index is 859. The lowest BCUT2D eigenvalue weighted by molar-refractivity contribution is -0.133. The van der Waals surface area contributed by atoms with Crippen LogP contribution in [0.5, 0.6) is 11.5 Å². The lowest BCUT2D eigenvalue weighted by Gasteiger charge is -2.15. The highest BCUT2D eigenvalue weighted by Crippen LogP contribution is 2.37. The van der Waals surface area contributed by atoms with Crippen LogP contribution in [0.3, 0.4) is 0 Å². The van der Waals surface area contributed by atoms with E-state index in [9.17, 15) is 4.79 Å². The van der Waals surface area contributed by atoms with Gasteiger partial charge in [0.2, 0.25) is 0 Å². The molecule has 0 aliphatic carbocycles. The van der Waals surface area contributed by atoms with Gasteiger partial charge in [-0.05, 0) is 18.1 Å². The number of rotatable bonds is 11. The van der Waals surface area contributed by atoms with Crippen LogP contribution in [-0.4, -0.2) is 40.0 Å². The van der Waals surface area contributed by atoms with Crippen molar-refractivity contribution in [1.29, 1.82) is 0 Å². The van der Waals surface area contributed by atoms with Crippen molar-refractivity contribution >= 4 is 34.7 Å². The molecule has 162 valence electrons. The van der Waals surface area contributed by atoms with E-state index < -0.39 is 5.97 Å². The number of halogens is 2. The molecule has 0 saturated heterocycles. The van der Waals surface area contributed by atoms with Crippen LogP contribution >= 0.6 is 23.2 Å². The molecule has 0 radical (unpaired) electrons. The highest BCUT2D eigenvalue weighted by Gasteiger charge is 2.17. The predicted molar refractivity (Wildman–Crippen MR) is 116 cm³/mol. The minimum Gasteiger partial charge on any atom is -0.503 e. The van der Waals surface area contributed by atoms with E-state index in [1.165, 1.54) is 20.5 Å². The number of carbonyl (C=O) groups excluding carboxylic acids is 1. The fourth-order valence-electron chi connectivity index (χ4n) is 2.62. The fraction of sp³-hybridized carbons (Fsp3) is 0.318. The number of carbonyl (C=O) groups is 1. The highest BCUT2D eigenvalue weighted by molar-refractivity contribution is 6.37. The van der Waals surface area contributed by atoms with E-state index in [-0.39, 0.29) is 12.2 Å². The summed E-state index contributed by atoms with van der Waals surface area (Å²) in [5.74, 6) is 0.332. The molecule has 2 rings (SSSR count). The zero-order valence-electron chi connectivity index (χ0n) is 17.1. The standard InChI is InChI=1S/C22H24Cl2O6/c1-4-28-9-10-29-21-19(23)11-16(12-20(21)24)30-13-15-7-5-6-8-17(15)18(14-26-2)22(25)27-3/h5-8,11-12,14H,4,9-10,13H2,1-3H3. The Labute approximate surface area is 186 Å². The Morgan fingerprint density at radius 1 is 1.03 bits per heavy atom. The van der Waals surface area contributed by atoms with Gasteiger partial charge < -0.3 is 23.7 Å². The van der Waals surface area contributed by atoms with Crippen LogP contribution < -0.4 is 9.47 Å². The average molecular weight is 455 g/mol. The molecule has 2 aromatic carbocycles. The summed E-state index contributed by atoms with van der Waals surface area (Å²) in [4.78, 5) is 12.1. The normalized spacial score (nSPS) is 11.2. The summed E-state index contributed by atoms with van der Waals surface area (Å²) in [5.41, 5.74) is 1.68. The molecule has 0 aliphatic heterocycles. The van der Waals surface area contributed by atoms with Crippen molar-refractivity contribution < 1.29 is 28.5 Å². The van der Waals surface area contributed by atoms with E-state index in [4.69, 9.17) is 46.9 Å². The first-order valence-corrected chi connectivity index (χ1v) is 9.99. The van der Waals surface area contributed by atoms with E-state index in [0.717, 1.165) is 5.56 Å². The summed E-state index contributed by atoms with van der Waals surface area (Å²) in [5, 5.41) is 0.661. The third-order valence-corrected chi connectivity index (χ3v) is 4.55. The topological polar surface area (TPSA) is 63.2 Å². The van der Waals surface area contributed by atoms with Crippen molar-refractivity contribution in [2.24, 2.45) is 0 Å². The summed E-state index contributed by atoms with van der Waals surface area (Å²) in [6.45, 7) is 3.46. The van der Waals surface area contributed by atoms with Crippen molar-refractivity contribution in [1.82, 2.24) is 0 Å². The molecule has 0 unspecified atom stereocenters. The minimum absolute atomic E-state index is 0.172. The molecular weight excluding hydrogens is 431 g/mol. The molecule has 0 spiro atoms. The van der Waals surface area contributed by atoms with E-state index in [2.05, 4.69) is 0 Å². The molecular formula is C22H24Cl2O6. The maximum Gasteiger partial charge on any atom is 0.341 e. The van der Waals surface area contributed by atoms with Crippen LogP contribution in [0.15, 0.2) is 42.7 Å². The zero-order chi connectivity index (χ0) is 21.9. The number of methoxy groups -OCH3 is 2. The number of ether oxygens (including phenoxy) is 5. The number of esters is 1. The number of benzene rings is 2. The third kappa shape index (κ3) is 6.55. The lowest BCUT2D eigenvalue weighted by Crippen LogP contribution is -2.08. The summed E-state index contributed by atoms with van der Waals surface area (Å²) in [7, 11) is 2.77. The fourth-order valence-corrected chi connectivity index (χ4v) is 3.20. The summed E-state index contributed by atoms with van der Waals surface area (Å²) in [6, 6.07) is 10.5. The van der Waals surface area contributed by atoms with Crippen molar-refractivity contribution in [2.75, 3.05) is 34.0 Å². The summed E-state index contributed by atoms with van der Waals surface area (Å²) < 4.78 is 26.6. The number of hydrogen-bond donors (Lipinski definition) is 0. The van der Waals surface area contributed by atoms with E-state index in [0.29, 0.717) is 46.9 Å². The second-order valence-corrected chi connectivity index (χ2v) is 6.78. The Balaban J connectivity index is 2.16. The molecule has 0 aromatic heterocycles. The molecule has 30 heavy (non-hydrogen) atoms. The smallest absolute Gasteiger partial charge is 0.341 e. The molecule has 0 saturated carbocycles. The Morgan fingerprint density at radius 3 is 2.37 bits per heavy atom. The molecule has 6 nitrogen and oxygen atoms in total. The van der Waals surface area contributed by atoms with E-state index in [1.807, 2.05) is 25.1 Å². The monoisotopic (exact) mass is 454 g/mol. The molecule has 0 heterocycles. The van der Waals surface area contributed by atoms with Gasteiger partial charge in [-0.15, -0.1) is 0 Å². The zero-order valence-corrected chi connectivity index (χ0v) is 18.6. The molecule has 8 heteroatoms. The Hall–Kier alpha value is -2.41. The van der Waals surface area contributed by atoms with Crippen LogP contribution in [0.4, 0.5) is 0 Å². The SMILES string of the molecule is CCOCCOc1c(Cl)cc(OCc2ccccc2C(=COC)C(=O)OC)cc1Cl. The second-order valence-electron chi connectivity index (χ2n) is 5.97. The Morgan fingerprint density at radius 2 is 1.73 bits per heavy atom. The van der Waals surface area contributed by atoms with Gasteiger partial charge in [-0.3, -0.25) is 0 Å². The van der Waals surface area contributed by atoms with Gasteiger partial charge in [0.1, 0.15) is 24.5 Å². The predicted octanol–water partition coefficient (Wildman–Crippen LogP) is 5.15. The molecule has 0 amide bonds. The van der Waals surface area contributed by atoms with Crippen molar-refractivity contribution in [3.8, 4) is 11.5 Å². The lowest BCUT2D eigenvalue weighted by atomic mass is 10.0. The van der Waals surface area contributed by atoms with Gasteiger partial charge >= 0.3 is 5.97 Å². The van der Waals surface area contributed by atoms with Crippen molar-refractivity contribution in [2.45, 2.75) is 13.5 Å². The number of hydrogen-bond acceptors (Lipinski definition) is 6. The van der Waals surface area contributed by atoms with Gasteiger partial charge in [-0.2, -0.15) is 0 Å². The highest BCUT2D eigenvalue weighted by atomic mass is 35.5. The molecule has 0 aliphatic rings. The first-order valence-electron chi connectivity index (χ1n) is 9.23. The van der Waals surface area contributed by atoms with E-state index in [1.54, 1.807) is 18.2 Å². The van der Waals surface area contributed by atoms with E-state index >= 15 is 0 Å². The van der Waals surface area contributed by atoms with Crippen molar-refractivity contribution in [3.63, 3.8) is 0 Å². The van der Waals surface area contributed by atoms with Gasteiger partial charge in [0, 0.05) is 18.7 Å². The van der Waals surface area contributed by atoms with Crippen LogP contribution in [0.2, 0.25) is 10.0 Å².